The van der Waals surface area contributed by atoms with Crippen LogP contribution in [0.3, 0.4) is 0 Å². The molecule has 109 valence electrons. The molecule has 0 bridgehead atoms. The van der Waals surface area contributed by atoms with Crippen molar-refractivity contribution in [3.63, 3.8) is 0 Å². The third-order valence-corrected chi connectivity index (χ3v) is 2.51. The van der Waals surface area contributed by atoms with Crippen LogP contribution in [-0.4, -0.2) is 56.5 Å². The number of carbonyl (C=O) groups is 2. The van der Waals surface area contributed by atoms with Gasteiger partial charge in [0.1, 0.15) is 6.54 Å². The van der Waals surface area contributed by atoms with Crippen LogP contribution in [0.25, 0.3) is 0 Å². The molecule has 6 nitrogen and oxygen atoms in total. The van der Waals surface area contributed by atoms with Crippen LogP contribution in [0.15, 0.2) is 0 Å². The number of aliphatic carboxylic acids is 1. The molecule has 0 saturated heterocycles. The van der Waals surface area contributed by atoms with E-state index in [-0.39, 0.29) is 12.8 Å². The summed E-state index contributed by atoms with van der Waals surface area (Å²) in [5.74, 6) is -2.19. The van der Waals surface area contributed by atoms with E-state index < -0.39 is 24.0 Å². The fourth-order valence-electron chi connectivity index (χ4n) is 1.61. The average molecular weight is 272 g/mol. The lowest BCUT2D eigenvalue weighted by Gasteiger charge is -2.29. The summed E-state index contributed by atoms with van der Waals surface area (Å²) in [6, 6.07) is 0. The lowest BCUT2D eigenvalue weighted by molar-refractivity contribution is -0.873. The summed E-state index contributed by atoms with van der Waals surface area (Å²) < 4.78 is 5.66. The van der Waals surface area contributed by atoms with Gasteiger partial charge in [0.2, 0.25) is 0 Å². The Hall–Kier alpha value is -1.43. The fourth-order valence-corrected chi connectivity index (χ4v) is 1.61. The number of carboxylic acids is 1. The van der Waals surface area contributed by atoms with E-state index in [4.69, 9.17) is 4.74 Å². The largest absolute Gasteiger partial charge is 0.550 e. The molecule has 0 fully saturated rings. The smallest absolute Gasteiger partial charge is 0.309 e. The molecule has 0 rings (SSSR count). The first kappa shape index (κ1) is 17.6. The van der Waals surface area contributed by atoms with Gasteiger partial charge in [0.15, 0.2) is 12.4 Å². The third-order valence-electron chi connectivity index (χ3n) is 2.51. The molecule has 0 saturated carbocycles. The second-order valence-electron chi connectivity index (χ2n) is 5.69. The van der Waals surface area contributed by atoms with Crippen molar-refractivity contribution in [1.29, 1.82) is 0 Å². The van der Waals surface area contributed by atoms with Gasteiger partial charge >= 0.3 is 5.97 Å². The Morgan fingerprint density at radius 2 is 1.89 bits per heavy atom. The molecular weight excluding hydrogens is 250 g/mol. The molecule has 0 spiro atoms. The molecule has 0 heterocycles. The van der Waals surface area contributed by atoms with Crippen LogP contribution >= 0.6 is 0 Å². The van der Waals surface area contributed by atoms with E-state index in [1.807, 2.05) is 21.1 Å². The van der Waals surface area contributed by atoms with Crippen LogP contribution in [0.1, 0.15) is 26.2 Å². The first-order valence-corrected chi connectivity index (χ1v) is 6.21. The minimum Gasteiger partial charge on any atom is -0.550 e. The van der Waals surface area contributed by atoms with Crippen LogP contribution in [-0.2, 0) is 19.1 Å². The predicted octanol–water partition coefficient (Wildman–Crippen LogP) is -0.730. The SMILES string of the molecule is CC(CC[C]=O)C(=O)OC(CC(=O)[O-])C[N+](C)(C)C. The topological polar surface area (TPSA) is 83.5 Å². The van der Waals surface area contributed by atoms with Gasteiger partial charge in [0.25, 0.3) is 0 Å². The van der Waals surface area contributed by atoms with E-state index >= 15 is 0 Å². The highest BCUT2D eigenvalue weighted by atomic mass is 16.5. The fraction of sp³-hybridized carbons (Fsp3) is 0.769. The average Bonchev–Trinajstić information content (AvgIpc) is 2.22. The predicted molar refractivity (Wildman–Crippen MR) is 66.5 cm³/mol. The zero-order valence-electron chi connectivity index (χ0n) is 12.0. The standard InChI is InChI=1S/C13H22NO5/c1-10(6-5-7-15)13(18)19-11(8-12(16)17)9-14(2,3)4/h10-11H,5-6,8-9H2,1-4H3. The quantitative estimate of drug-likeness (QED) is 0.408. The van der Waals surface area contributed by atoms with Crippen molar-refractivity contribution in [1.82, 2.24) is 0 Å². The van der Waals surface area contributed by atoms with Crippen molar-refractivity contribution in [2.75, 3.05) is 27.7 Å². The zero-order valence-corrected chi connectivity index (χ0v) is 12.0. The molecule has 19 heavy (non-hydrogen) atoms. The molecule has 0 aromatic rings. The molecule has 0 aromatic heterocycles. The highest BCUT2D eigenvalue weighted by Gasteiger charge is 2.24. The maximum Gasteiger partial charge on any atom is 0.309 e. The van der Waals surface area contributed by atoms with Crippen LogP contribution in [0.2, 0.25) is 0 Å². The van der Waals surface area contributed by atoms with E-state index in [9.17, 15) is 19.5 Å². The normalized spacial score (nSPS) is 14.5. The van der Waals surface area contributed by atoms with Crippen molar-refractivity contribution in [2.24, 2.45) is 5.92 Å². The number of esters is 1. The number of nitrogens with zero attached hydrogens (tertiary/aromatic N) is 1. The number of quaternary nitrogens is 1. The summed E-state index contributed by atoms with van der Waals surface area (Å²) in [6.45, 7) is 2.02. The Bertz CT molecular complexity index is 321. The van der Waals surface area contributed by atoms with Gasteiger partial charge in [-0.05, 0) is 6.42 Å². The van der Waals surface area contributed by atoms with Gasteiger partial charge in [-0.2, -0.15) is 0 Å². The minimum absolute atomic E-state index is 0.163. The Morgan fingerprint density at radius 3 is 2.32 bits per heavy atom. The molecule has 6 heteroatoms. The van der Waals surface area contributed by atoms with Gasteiger partial charge in [-0.3, -0.25) is 9.59 Å². The van der Waals surface area contributed by atoms with E-state index in [2.05, 4.69) is 0 Å². The number of ether oxygens (including phenoxy) is 1. The number of likely N-dealkylation sites (N-methyl/N-ethyl adjacent to an activating group) is 1. The summed E-state index contributed by atoms with van der Waals surface area (Å²) in [5, 5.41) is 10.7. The lowest BCUT2D eigenvalue weighted by atomic mass is 10.1. The molecule has 0 N–H and O–H groups in total. The first-order chi connectivity index (χ1) is 8.65. The Balaban J connectivity index is 4.49. The molecule has 0 amide bonds. The maximum atomic E-state index is 11.8. The van der Waals surface area contributed by atoms with Gasteiger partial charge in [-0.1, -0.05) is 6.92 Å². The van der Waals surface area contributed by atoms with Crippen molar-refractivity contribution in [2.45, 2.75) is 32.3 Å². The summed E-state index contributed by atoms with van der Waals surface area (Å²) in [5.41, 5.74) is 0. The van der Waals surface area contributed by atoms with Gasteiger partial charge in [0, 0.05) is 18.8 Å². The van der Waals surface area contributed by atoms with Crippen molar-refractivity contribution in [3.05, 3.63) is 0 Å². The molecule has 0 aromatic carbocycles. The first-order valence-electron chi connectivity index (χ1n) is 6.21. The van der Waals surface area contributed by atoms with Crippen LogP contribution in [0.4, 0.5) is 0 Å². The van der Waals surface area contributed by atoms with Gasteiger partial charge in [-0.15, -0.1) is 0 Å². The zero-order chi connectivity index (χ0) is 15.1. The lowest BCUT2D eigenvalue weighted by Crippen LogP contribution is -2.45. The molecule has 0 aliphatic heterocycles. The second kappa shape index (κ2) is 7.89. The molecule has 1 radical (unpaired) electrons. The number of hydrogen-bond donors (Lipinski definition) is 0. The monoisotopic (exact) mass is 272 g/mol. The Labute approximate surface area is 113 Å². The van der Waals surface area contributed by atoms with Crippen molar-refractivity contribution in [3.8, 4) is 0 Å². The number of carboxylic acid groups (broad SMARTS) is 1. The number of hydrogen-bond acceptors (Lipinski definition) is 5. The Morgan fingerprint density at radius 1 is 1.32 bits per heavy atom. The van der Waals surface area contributed by atoms with E-state index in [0.29, 0.717) is 17.4 Å². The van der Waals surface area contributed by atoms with Crippen LogP contribution in [0.5, 0.6) is 0 Å². The number of rotatable bonds is 9. The van der Waals surface area contributed by atoms with E-state index in [1.165, 1.54) is 0 Å². The van der Waals surface area contributed by atoms with Gasteiger partial charge < -0.3 is 19.1 Å². The third kappa shape index (κ3) is 9.18. The molecular formula is C13H22NO5. The molecule has 0 aliphatic rings. The van der Waals surface area contributed by atoms with Crippen LogP contribution < -0.4 is 5.11 Å². The molecule has 2 unspecified atom stereocenters. The van der Waals surface area contributed by atoms with Crippen molar-refractivity contribution >= 4 is 18.2 Å². The van der Waals surface area contributed by atoms with Gasteiger partial charge in [-0.25, -0.2) is 0 Å². The van der Waals surface area contributed by atoms with E-state index in [0.717, 1.165) is 0 Å². The summed E-state index contributed by atoms with van der Waals surface area (Å²) in [7, 11) is 5.63. The van der Waals surface area contributed by atoms with E-state index in [1.54, 1.807) is 13.2 Å². The highest BCUT2D eigenvalue weighted by Crippen LogP contribution is 2.11. The minimum atomic E-state index is -1.25. The van der Waals surface area contributed by atoms with Gasteiger partial charge in [0.05, 0.1) is 27.1 Å². The molecule has 0 aliphatic carbocycles. The highest BCUT2D eigenvalue weighted by molar-refractivity contribution is 5.73. The van der Waals surface area contributed by atoms with Crippen molar-refractivity contribution < 1.29 is 28.7 Å². The second-order valence-corrected chi connectivity index (χ2v) is 5.69. The van der Waals surface area contributed by atoms with Crippen LogP contribution in [0, 0.1) is 5.92 Å². The Kier molecular flexibility index (Phi) is 7.29. The summed E-state index contributed by atoms with van der Waals surface area (Å²) in [6.07, 6.45) is 1.18. The maximum absolute atomic E-state index is 11.8. The summed E-state index contributed by atoms with van der Waals surface area (Å²) >= 11 is 0. The molecule has 2 atom stereocenters. The summed E-state index contributed by atoms with van der Waals surface area (Å²) in [4.78, 5) is 32.5. The number of carbonyl (C=O) groups excluding carboxylic acids is 3.